The summed E-state index contributed by atoms with van der Waals surface area (Å²) in [5, 5.41) is 18.6. The van der Waals surface area contributed by atoms with Crippen LogP contribution in [0.25, 0.3) is 5.69 Å². The SMILES string of the molecule is Cc1cc2c(o1)CC(C)(C)CC2NC(=O)c1nn(-c2ccccc2[N+](=O)[O-])c(C)cc1=O. The molecular weight excluding hydrogens is 412 g/mol. The Morgan fingerprint density at radius 2 is 2.00 bits per heavy atom. The van der Waals surface area contributed by atoms with E-state index in [1.807, 2.05) is 13.0 Å². The number of hydrogen-bond acceptors (Lipinski definition) is 6. The van der Waals surface area contributed by atoms with Crippen molar-refractivity contribution in [3.63, 3.8) is 0 Å². The van der Waals surface area contributed by atoms with E-state index in [0.717, 1.165) is 23.5 Å². The summed E-state index contributed by atoms with van der Waals surface area (Å²) in [6, 6.07) is 8.88. The highest BCUT2D eigenvalue weighted by molar-refractivity contribution is 5.92. The van der Waals surface area contributed by atoms with Crippen molar-refractivity contribution in [1.82, 2.24) is 15.1 Å². The van der Waals surface area contributed by atoms with Crippen molar-refractivity contribution < 1.29 is 14.1 Å². The number of amides is 1. The number of benzene rings is 1. The van der Waals surface area contributed by atoms with Crippen LogP contribution in [-0.4, -0.2) is 20.6 Å². The Kier molecular flexibility index (Phi) is 5.20. The Morgan fingerprint density at radius 3 is 2.72 bits per heavy atom. The fraction of sp³-hybridized carbons (Fsp3) is 0.348. The molecule has 9 nitrogen and oxygen atoms in total. The van der Waals surface area contributed by atoms with Crippen molar-refractivity contribution in [2.75, 3.05) is 0 Å². The maximum absolute atomic E-state index is 13.1. The van der Waals surface area contributed by atoms with Gasteiger partial charge in [0.25, 0.3) is 11.6 Å². The van der Waals surface area contributed by atoms with Gasteiger partial charge in [-0.05, 0) is 37.8 Å². The lowest BCUT2D eigenvalue weighted by molar-refractivity contribution is -0.384. The molecule has 2 heterocycles. The summed E-state index contributed by atoms with van der Waals surface area (Å²) in [6.07, 6.45) is 1.44. The lowest BCUT2D eigenvalue weighted by atomic mass is 9.74. The van der Waals surface area contributed by atoms with E-state index in [1.54, 1.807) is 19.1 Å². The maximum Gasteiger partial charge on any atom is 0.294 e. The molecular formula is C23H24N4O5. The Bertz CT molecular complexity index is 1290. The van der Waals surface area contributed by atoms with Gasteiger partial charge in [-0.1, -0.05) is 26.0 Å². The second-order valence-electron chi connectivity index (χ2n) is 8.96. The average molecular weight is 436 g/mol. The first kappa shape index (κ1) is 21.5. The van der Waals surface area contributed by atoms with E-state index < -0.39 is 16.3 Å². The maximum atomic E-state index is 13.1. The van der Waals surface area contributed by atoms with Crippen molar-refractivity contribution in [3.05, 3.63) is 85.2 Å². The molecule has 1 atom stereocenters. The Labute approximate surface area is 184 Å². The summed E-state index contributed by atoms with van der Waals surface area (Å²) >= 11 is 0. The number of nitrogens with zero attached hydrogens (tertiary/aromatic N) is 3. The first-order valence-corrected chi connectivity index (χ1v) is 10.3. The van der Waals surface area contributed by atoms with Gasteiger partial charge in [0.2, 0.25) is 5.43 Å². The number of aryl methyl sites for hydroxylation is 2. The molecule has 9 heteroatoms. The van der Waals surface area contributed by atoms with Gasteiger partial charge in [0.05, 0.1) is 11.0 Å². The van der Waals surface area contributed by atoms with Gasteiger partial charge >= 0.3 is 0 Å². The van der Waals surface area contributed by atoms with E-state index in [1.165, 1.54) is 22.9 Å². The Morgan fingerprint density at radius 1 is 1.28 bits per heavy atom. The minimum Gasteiger partial charge on any atom is -0.466 e. The summed E-state index contributed by atoms with van der Waals surface area (Å²) in [5.74, 6) is 0.965. The fourth-order valence-electron chi connectivity index (χ4n) is 4.29. The molecule has 0 saturated carbocycles. The molecule has 1 unspecified atom stereocenters. The number of nitrogens with one attached hydrogen (secondary N) is 1. The molecule has 0 fully saturated rings. The zero-order valence-electron chi connectivity index (χ0n) is 18.3. The van der Waals surface area contributed by atoms with Gasteiger partial charge < -0.3 is 9.73 Å². The van der Waals surface area contributed by atoms with Crippen LogP contribution in [0.3, 0.4) is 0 Å². The smallest absolute Gasteiger partial charge is 0.294 e. The van der Waals surface area contributed by atoms with Gasteiger partial charge in [-0.25, -0.2) is 4.68 Å². The van der Waals surface area contributed by atoms with Gasteiger partial charge in [0.15, 0.2) is 5.69 Å². The van der Waals surface area contributed by atoms with E-state index in [-0.39, 0.29) is 28.5 Å². The average Bonchev–Trinajstić information content (AvgIpc) is 3.07. The van der Waals surface area contributed by atoms with Crippen molar-refractivity contribution in [2.45, 2.75) is 46.6 Å². The van der Waals surface area contributed by atoms with Crippen molar-refractivity contribution in [3.8, 4) is 5.69 Å². The first-order valence-electron chi connectivity index (χ1n) is 10.3. The number of hydrogen-bond donors (Lipinski definition) is 1. The third kappa shape index (κ3) is 3.93. The van der Waals surface area contributed by atoms with E-state index >= 15 is 0 Å². The molecule has 1 aromatic carbocycles. The number of carbonyl (C=O) groups is 1. The normalized spacial score (nSPS) is 16.9. The van der Waals surface area contributed by atoms with Crippen molar-refractivity contribution >= 4 is 11.6 Å². The highest BCUT2D eigenvalue weighted by Gasteiger charge is 2.36. The van der Waals surface area contributed by atoms with Crippen molar-refractivity contribution in [2.24, 2.45) is 5.41 Å². The topological polar surface area (TPSA) is 120 Å². The van der Waals surface area contributed by atoms with Crippen LogP contribution in [0, 0.1) is 29.4 Å². The van der Waals surface area contributed by atoms with Gasteiger partial charge in [-0.2, -0.15) is 5.10 Å². The monoisotopic (exact) mass is 436 g/mol. The molecule has 0 spiro atoms. The zero-order valence-corrected chi connectivity index (χ0v) is 18.3. The lowest BCUT2D eigenvalue weighted by Crippen LogP contribution is -2.38. The minimum atomic E-state index is -0.630. The van der Waals surface area contributed by atoms with Crippen LogP contribution >= 0.6 is 0 Å². The Balaban J connectivity index is 1.72. The molecule has 0 bridgehead atoms. The number of rotatable bonds is 4. The summed E-state index contributed by atoms with van der Waals surface area (Å²) in [7, 11) is 0. The molecule has 1 N–H and O–H groups in total. The second kappa shape index (κ2) is 7.74. The highest BCUT2D eigenvalue weighted by atomic mass is 16.6. The standard InChI is InChI=1S/C23H24N4O5/c1-13-9-19(28)21(25-26(13)17-7-5-6-8-18(17)27(30)31)22(29)24-16-11-23(3,4)12-20-15(16)10-14(2)32-20/h5-10,16H,11-12H2,1-4H3,(H,24,29). The second-order valence-corrected chi connectivity index (χ2v) is 8.96. The molecule has 0 radical (unpaired) electrons. The van der Waals surface area contributed by atoms with E-state index in [4.69, 9.17) is 4.42 Å². The third-order valence-corrected chi connectivity index (χ3v) is 5.67. The predicted molar refractivity (Wildman–Crippen MR) is 117 cm³/mol. The number of fused-ring (bicyclic) bond motifs is 1. The van der Waals surface area contributed by atoms with Gasteiger partial charge in [0.1, 0.15) is 17.2 Å². The van der Waals surface area contributed by atoms with Gasteiger partial charge in [0, 0.05) is 29.8 Å². The van der Waals surface area contributed by atoms with Crippen LogP contribution in [0.5, 0.6) is 0 Å². The van der Waals surface area contributed by atoms with Crippen LogP contribution in [0.4, 0.5) is 5.69 Å². The molecule has 3 aromatic rings. The van der Waals surface area contributed by atoms with E-state index in [9.17, 15) is 19.7 Å². The van der Waals surface area contributed by atoms with E-state index in [0.29, 0.717) is 12.1 Å². The summed E-state index contributed by atoms with van der Waals surface area (Å²) < 4.78 is 7.07. The number of furan rings is 1. The number of nitro benzene ring substituents is 1. The summed E-state index contributed by atoms with van der Waals surface area (Å²) in [4.78, 5) is 36.7. The summed E-state index contributed by atoms with van der Waals surface area (Å²) in [5.41, 5.74) is 0.322. The third-order valence-electron chi connectivity index (χ3n) is 5.67. The molecule has 2 aromatic heterocycles. The van der Waals surface area contributed by atoms with E-state index in [2.05, 4.69) is 24.3 Å². The molecule has 0 aliphatic heterocycles. The molecule has 1 aliphatic rings. The first-order chi connectivity index (χ1) is 15.1. The predicted octanol–water partition coefficient (Wildman–Crippen LogP) is 3.79. The number of para-hydroxylation sites is 2. The molecule has 0 saturated heterocycles. The molecule has 166 valence electrons. The molecule has 1 aliphatic carbocycles. The number of nitro groups is 1. The Hall–Kier alpha value is -3.75. The highest BCUT2D eigenvalue weighted by Crippen LogP contribution is 2.42. The van der Waals surface area contributed by atoms with Crippen LogP contribution < -0.4 is 10.7 Å². The van der Waals surface area contributed by atoms with Crippen LogP contribution in [0.15, 0.2) is 45.6 Å². The fourth-order valence-corrected chi connectivity index (χ4v) is 4.29. The van der Waals surface area contributed by atoms with Crippen LogP contribution in [0.1, 0.15) is 59.6 Å². The quantitative estimate of drug-likeness (QED) is 0.491. The number of carbonyl (C=O) groups excluding carboxylic acids is 1. The molecule has 4 rings (SSSR count). The molecule has 32 heavy (non-hydrogen) atoms. The van der Waals surface area contributed by atoms with Crippen LogP contribution in [0.2, 0.25) is 0 Å². The van der Waals surface area contributed by atoms with Gasteiger partial charge in [-0.3, -0.25) is 19.7 Å². The largest absolute Gasteiger partial charge is 0.466 e. The van der Waals surface area contributed by atoms with Gasteiger partial charge in [-0.15, -0.1) is 0 Å². The summed E-state index contributed by atoms with van der Waals surface area (Å²) in [6.45, 7) is 7.66. The van der Waals surface area contributed by atoms with Crippen molar-refractivity contribution in [1.29, 1.82) is 0 Å². The number of aromatic nitrogens is 2. The van der Waals surface area contributed by atoms with Crippen LogP contribution in [-0.2, 0) is 6.42 Å². The lowest BCUT2D eigenvalue weighted by Gasteiger charge is -2.34. The minimum absolute atomic E-state index is 0.0964. The zero-order chi connectivity index (χ0) is 23.2. The molecule has 1 amide bonds.